The lowest BCUT2D eigenvalue weighted by Crippen LogP contribution is -2.17. The zero-order valence-corrected chi connectivity index (χ0v) is 15.3. The van der Waals surface area contributed by atoms with Crippen molar-refractivity contribution in [3.8, 4) is 11.5 Å². The summed E-state index contributed by atoms with van der Waals surface area (Å²) < 4.78 is 52.3. The minimum Gasteiger partial charge on any atom is -0.490 e. The minimum absolute atomic E-state index is 0.218. The first-order valence-corrected chi connectivity index (χ1v) is 9.72. The maximum absolute atomic E-state index is 13.8. The Morgan fingerprint density at radius 2 is 1.79 bits per heavy atom. The van der Waals surface area contributed by atoms with Crippen LogP contribution in [0.25, 0.3) is 0 Å². The Labute approximate surface area is 160 Å². The van der Waals surface area contributed by atoms with Crippen LogP contribution in [0.2, 0.25) is 0 Å². The molecule has 0 spiro atoms. The molecule has 0 bridgehead atoms. The van der Waals surface area contributed by atoms with Gasteiger partial charge in [-0.05, 0) is 36.4 Å². The number of Topliss-reactive ketones (excluding diaryl/α,β-unsaturated/α-hetero) is 1. The summed E-state index contributed by atoms with van der Waals surface area (Å²) in [5, 5.41) is 4.96. The molecule has 0 aromatic heterocycles. The van der Waals surface area contributed by atoms with E-state index in [0.717, 1.165) is 18.2 Å². The number of rotatable bonds is 5. The van der Waals surface area contributed by atoms with Gasteiger partial charge < -0.3 is 14.2 Å². The molecular formula is C18H16FNO7S. The van der Waals surface area contributed by atoms with E-state index in [2.05, 4.69) is 0 Å². The summed E-state index contributed by atoms with van der Waals surface area (Å²) >= 11 is 0. The van der Waals surface area contributed by atoms with Crippen LogP contribution in [0.15, 0.2) is 41.3 Å². The van der Waals surface area contributed by atoms with Gasteiger partial charge in [-0.3, -0.25) is 4.79 Å². The summed E-state index contributed by atoms with van der Waals surface area (Å²) in [4.78, 5) is 23.9. The number of carbonyl (C=O) groups excluding carboxylic acids is 2. The van der Waals surface area contributed by atoms with Crippen LogP contribution in [-0.4, -0.2) is 40.0 Å². The molecule has 148 valence electrons. The molecule has 1 aliphatic rings. The molecule has 2 aromatic rings. The molecule has 0 amide bonds. The molecular weight excluding hydrogens is 393 g/mol. The number of halogens is 1. The first kappa shape index (κ1) is 19.8. The molecule has 0 atom stereocenters. The average molecular weight is 409 g/mol. The molecule has 0 saturated carbocycles. The Morgan fingerprint density at radius 3 is 2.50 bits per heavy atom. The van der Waals surface area contributed by atoms with Crippen LogP contribution in [0, 0.1) is 5.82 Å². The van der Waals surface area contributed by atoms with E-state index in [-0.39, 0.29) is 5.56 Å². The van der Waals surface area contributed by atoms with Gasteiger partial charge in [-0.2, -0.15) is 0 Å². The molecule has 28 heavy (non-hydrogen) atoms. The van der Waals surface area contributed by atoms with E-state index < -0.39 is 44.7 Å². The highest BCUT2D eigenvalue weighted by molar-refractivity contribution is 7.89. The Bertz CT molecular complexity index is 1040. The molecule has 0 radical (unpaired) electrons. The normalized spacial score (nSPS) is 13.5. The second kappa shape index (κ2) is 7.95. The second-order valence-corrected chi connectivity index (χ2v) is 7.46. The fourth-order valence-electron chi connectivity index (χ4n) is 2.47. The van der Waals surface area contributed by atoms with Gasteiger partial charge >= 0.3 is 5.97 Å². The minimum atomic E-state index is -4.13. The van der Waals surface area contributed by atoms with Crippen molar-refractivity contribution in [3.05, 3.63) is 53.3 Å². The summed E-state index contributed by atoms with van der Waals surface area (Å²) in [7, 11) is -4.13. The van der Waals surface area contributed by atoms with Crippen molar-refractivity contribution in [1.82, 2.24) is 0 Å². The van der Waals surface area contributed by atoms with E-state index in [1.165, 1.54) is 12.1 Å². The number of sulfonamides is 1. The van der Waals surface area contributed by atoms with Gasteiger partial charge in [-0.1, -0.05) is 0 Å². The average Bonchev–Trinajstić information content (AvgIpc) is 2.90. The maximum atomic E-state index is 13.8. The smallest absolute Gasteiger partial charge is 0.341 e. The van der Waals surface area contributed by atoms with Crippen LogP contribution in [0.3, 0.4) is 0 Å². The van der Waals surface area contributed by atoms with Gasteiger partial charge in [-0.25, -0.2) is 22.7 Å². The predicted molar refractivity (Wildman–Crippen MR) is 94.4 cm³/mol. The zero-order valence-electron chi connectivity index (χ0n) is 14.5. The van der Waals surface area contributed by atoms with Crippen LogP contribution in [0.5, 0.6) is 11.5 Å². The third-order valence-electron chi connectivity index (χ3n) is 3.89. The maximum Gasteiger partial charge on any atom is 0.341 e. The lowest BCUT2D eigenvalue weighted by Gasteiger charge is -2.10. The van der Waals surface area contributed by atoms with Crippen molar-refractivity contribution < 1.29 is 36.6 Å². The fraction of sp³-hybridized carbons (Fsp3) is 0.222. The molecule has 1 heterocycles. The number of ether oxygens (including phenoxy) is 3. The highest BCUT2D eigenvalue weighted by Gasteiger charge is 2.20. The third kappa shape index (κ3) is 4.46. The quantitative estimate of drug-likeness (QED) is 0.589. The van der Waals surface area contributed by atoms with Gasteiger partial charge in [0.05, 0.1) is 23.7 Å². The molecule has 10 heteroatoms. The number of hydrogen-bond acceptors (Lipinski definition) is 7. The number of fused-ring (bicyclic) bond motifs is 1. The number of primary sulfonamides is 1. The van der Waals surface area contributed by atoms with Gasteiger partial charge in [0.2, 0.25) is 10.0 Å². The van der Waals surface area contributed by atoms with E-state index >= 15 is 0 Å². The predicted octanol–water partition coefficient (Wildman–Crippen LogP) is 1.67. The molecule has 8 nitrogen and oxygen atoms in total. The van der Waals surface area contributed by atoms with E-state index in [9.17, 15) is 22.4 Å². The third-order valence-corrected chi connectivity index (χ3v) is 4.80. The molecule has 1 aliphatic heterocycles. The van der Waals surface area contributed by atoms with Gasteiger partial charge in [0.1, 0.15) is 5.82 Å². The topological polar surface area (TPSA) is 122 Å². The Kier molecular flexibility index (Phi) is 5.61. The summed E-state index contributed by atoms with van der Waals surface area (Å²) in [5.74, 6) is -1.83. The lowest BCUT2D eigenvalue weighted by molar-refractivity contribution is 0.0469. The number of benzene rings is 2. The van der Waals surface area contributed by atoms with Crippen molar-refractivity contribution in [3.63, 3.8) is 0 Å². The van der Waals surface area contributed by atoms with Gasteiger partial charge in [0, 0.05) is 12.0 Å². The Hall–Kier alpha value is -2.98. The number of nitrogens with two attached hydrogens (primary N) is 1. The largest absolute Gasteiger partial charge is 0.490 e. The molecule has 0 fully saturated rings. The molecule has 3 rings (SSSR count). The summed E-state index contributed by atoms with van der Waals surface area (Å²) in [6.45, 7) is 0.276. The van der Waals surface area contributed by atoms with E-state index in [0.29, 0.717) is 31.1 Å². The van der Waals surface area contributed by atoms with Crippen molar-refractivity contribution in [2.45, 2.75) is 11.3 Å². The number of esters is 1. The molecule has 0 aliphatic carbocycles. The number of ketones is 1. The first-order chi connectivity index (χ1) is 13.3. The van der Waals surface area contributed by atoms with Crippen LogP contribution in [0.4, 0.5) is 4.39 Å². The summed E-state index contributed by atoms with van der Waals surface area (Å²) in [5.41, 5.74) is -0.422. The van der Waals surface area contributed by atoms with Crippen molar-refractivity contribution in [1.29, 1.82) is 0 Å². The van der Waals surface area contributed by atoms with Crippen LogP contribution in [0.1, 0.15) is 27.1 Å². The zero-order chi connectivity index (χ0) is 20.3. The Morgan fingerprint density at radius 1 is 1.07 bits per heavy atom. The van der Waals surface area contributed by atoms with Gasteiger partial charge in [-0.15, -0.1) is 0 Å². The van der Waals surface area contributed by atoms with E-state index in [1.54, 1.807) is 6.07 Å². The Balaban J connectivity index is 1.71. The van der Waals surface area contributed by atoms with Crippen LogP contribution >= 0.6 is 0 Å². The second-order valence-electron chi connectivity index (χ2n) is 5.90. The number of hydrogen-bond donors (Lipinski definition) is 1. The van der Waals surface area contributed by atoms with E-state index in [4.69, 9.17) is 19.3 Å². The standard InChI is InChI=1S/C18H16FNO7S/c19-14-4-3-12(28(20,23)24)9-13(14)18(22)27-10-15(21)11-2-5-16-17(8-11)26-7-1-6-25-16/h2-5,8-9H,1,6-7,10H2,(H2,20,23,24). The van der Waals surface area contributed by atoms with Crippen molar-refractivity contribution in [2.24, 2.45) is 5.14 Å². The highest BCUT2D eigenvalue weighted by atomic mass is 32.2. The molecule has 0 saturated heterocycles. The summed E-state index contributed by atoms with van der Waals surface area (Å²) in [6, 6.07) is 6.99. The lowest BCUT2D eigenvalue weighted by atomic mass is 10.1. The van der Waals surface area contributed by atoms with Gasteiger partial charge in [0.25, 0.3) is 0 Å². The van der Waals surface area contributed by atoms with Crippen LogP contribution < -0.4 is 14.6 Å². The molecule has 2 N–H and O–H groups in total. The van der Waals surface area contributed by atoms with Crippen molar-refractivity contribution in [2.75, 3.05) is 19.8 Å². The highest BCUT2D eigenvalue weighted by Crippen LogP contribution is 2.30. The first-order valence-electron chi connectivity index (χ1n) is 8.18. The van der Waals surface area contributed by atoms with Gasteiger partial charge in [0.15, 0.2) is 23.9 Å². The SMILES string of the molecule is NS(=O)(=O)c1ccc(F)c(C(=O)OCC(=O)c2ccc3c(c2)OCCCO3)c1. The monoisotopic (exact) mass is 409 g/mol. The number of carbonyl (C=O) groups is 2. The molecule has 0 unspecified atom stereocenters. The van der Waals surface area contributed by atoms with Crippen LogP contribution in [-0.2, 0) is 14.8 Å². The van der Waals surface area contributed by atoms with E-state index in [1.807, 2.05) is 0 Å². The van der Waals surface area contributed by atoms with Crippen molar-refractivity contribution >= 4 is 21.8 Å². The summed E-state index contributed by atoms with van der Waals surface area (Å²) in [6.07, 6.45) is 0.707. The fourth-order valence-corrected chi connectivity index (χ4v) is 3.01. The molecule has 2 aromatic carbocycles.